The van der Waals surface area contributed by atoms with E-state index >= 15 is 0 Å². The van der Waals surface area contributed by atoms with Gasteiger partial charge in [0.05, 0.1) is 12.3 Å². The molecule has 1 aliphatic carbocycles. The predicted molar refractivity (Wildman–Crippen MR) is 49.4 cm³/mol. The second-order valence-corrected chi connectivity index (χ2v) is 5.59. The van der Waals surface area contributed by atoms with Crippen LogP contribution in [0.2, 0.25) is 0 Å². The van der Waals surface area contributed by atoms with E-state index in [0.717, 1.165) is 19.1 Å². The van der Waals surface area contributed by atoms with E-state index in [2.05, 4.69) is 6.07 Å². The maximum atomic E-state index is 11.3. The van der Waals surface area contributed by atoms with Crippen LogP contribution in [0.25, 0.3) is 0 Å². The van der Waals surface area contributed by atoms with E-state index in [1.54, 1.807) is 0 Å². The van der Waals surface area contributed by atoms with E-state index < -0.39 is 15.6 Å². The fourth-order valence-electron chi connectivity index (χ4n) is 1.77. The van der Waals surface area contributed by atoms with Crippen molar-refractivity contribution in [3.63, 3.8) is 0 Å². The van der Waals surface area contributed by atoms with Crippen molar-refractivity contribution in [1.29, 1.82) is 5.26 Å². The normalized spacial score (nSPS) is 21.7. The minimum Gasteiger partial charge on any atom is -0.212 e. The minimum atomic E-state index is -3.25. The van der Waals surface area contributed by atoms with Crippen molar-refractivity contribution in [2.75, 3.05) is 13.3 Å². The second kappa shape index (κ2) is 3.28. The molecule has 0 aromatic rings. The molecule has 4 nitrogen and oxygen atoms in total. The van der Waals surface area contributed by atoms with Crippen LogP contribution in [0.3, 0.4) is 0 Å². The van der Waals surface area contributed by atoms with E-state index in [4.69, 9.17) is 5.26 Å². The van der Waals surface area contributed by atoms with Gasteiger partial charge in [0.1, 0.15) is 5.54 Å². The molecule has 5 heteroatoms. The van der Waals surface area contributed by atoms with E-state index in [9.17, 15) is 8.42 Å². The molecule has 0 heterocycles. The van der Waals surface area contributed by atoms with Gasteiger partial charge in [-0.25, -0.2) is 8.42 Å². The largest absolute Gasteiger partial charge is 0.212 e. The van der Waals surface area contributed by atoms with Gasteiger partial charge in [0, 0.05) is 7.05 Å². The third-order valence-electron chi connectivity index (χ3n) is 2.74. The van der Waals surface area contributed by atoms with Gasteiger partial charge in [0.25, 0.3) is 0 Å². The first-order chi connectivity index (χ1) is 5.92. The summed E-state index contributed by atoms with van der Waals surface area (Å²) < 4.78 is 23.7. The van der Waals surface area contributed by atoms with Crippen LogP contribution in [0.4, 0.5) is 0 Å². The third-order valence-corrected chi connectivity index (χ3v) is 4.08. The molecule has 0 unspecified atom stereocenters. The molecule has 0 spiro atoms. The molecular weight excluding hydrogens is 188 g/mol. The summed E-state index contributed by atoms with van der Waals surface area (Å²) in [5, 5.41) is 8.99. The Morgan fingerprint density at radius 3 is 2.15 bits per heavy atom. The predicted octanol–water partition coefficient (Wildman–Crippen LogP) is 0.714. The summed E-state index contributed by atoms with van der Waals surface area (Å²) in [6, 6.07) is 2.13. The lowest BCUT2D eigenvalue weighted by atomic mass is 10.0. The Hall–Kier alpha value is -0.600. The zero-order chi connectivity index (χ0) is 10.1. The zero-order valence-electron chi connectivity index (χ0n) is 7.95. The van der Waals surface area contributed by atoms with Crippen molar-refractivity contribution in [1.82, 2.24) is 4.31 Å². The molecule has 1 rings (SSSR count). The average Bonchev–Trinajstić information content (AvgIpc) is 2.50. The summed E-state index contributed by atoms with van der Waals surface area (Å²) in [6.45, 7) is 0. The molecular formula is C8H14N2O2S. The molecule has 0 aromatic carbocycles. The van der Waals surface area contributed by atoms with Crippen molar-refractivity contribution in [2.24, 2.45) is 0 Å². The van der Waals surface area contributed by atoms with Gasteiger partial charge >= 0.3 is 0 Å². The van der Waals surface area contributed by atoms with Gasteiger partial charge in [-0.1, -0.05) is 12.8 Å². The Morgan fingerprint density at radius 1 is 1.38 bits per heavy atom. The monoisotopic (exact) mass is 202 g/mol. The van der Waals surface area contributed by atoms with Crippen LogP contribution in [0, 0.1) is 11.3 Å². The van der Waals surface area contributed by atoms with E-state index in [-0.39, 0.29) is 0 Å². The van der Waals surface area contributed by atoms with Crippen LogP contribution in [0.5, 0.6) is 0 Å². The van der Waals surface area contributed by atoms with Gasteiger partial charge in [0.15, 0.2) is 0 Å². The molecule has 0 aliphatic heterocycles. The first-order valence-corrected chi connectivity index (χ1v) is 6.12. The molecule has 0 atom stereocenters. The van der Waals surface area contributed by atoms with E-state index in [1.165, 1.54) is 11.4 Å². The topological polar surface area (TPSA) is 61.2 Å². The summed E-state index contributed by atoms with van der Waals surface area (Å²) in [4.78, 5) is 0. The van der Waals surface area contributed by atoms with Gasteiger partial charge < -0.3 is 0 Å². The summed E-state index contributed by atoms with van der Waals surface area (Å²) in [5.41, 5.74) is -0.770. The number of nitrogens with zero attached hydrogens (tertiary/aromatic N) is 2. The molecule has 0 bridgehead atoms. The van der Waals surface area contributed by atoms with Crippen molar-refractivity contribution in [2.45, 2.75) is 31.2 Å². The minimum absolute atomic E-state index is 0.660. The first kappa shape index (κ1) is 10.5. The Bertz CT molecular complexity index is 323. The molecule has 0 N–H and O–H groups in total. The van der Waals surface area contributed by atoms with Gasteiger partial charge in [0.2, 0.25) is 10.0 Å². The highest BCUT2D eigenvalue weighted by Crippen LogP contribution is 2.34. The van der Waals surface area contributed by atoms with Gasteiger partial charge in [-0.2, -0.15) is 9.57 Å². The first-order valence-electron chi connectivity index (χ1n) is 4.28. The Labute approximate surface area is 79.2 Å². The van der Waals surface area contributed by atoms with E-state index in [0.29, 0.717) is 12.8 Å². The van der Waals surface area contributed by atoms with Crippen LogP contribution in [0.15, 0.2) is 0 Å². The fourth-order valence-corrected chi connectivity index (χ4v) is 2.63. The molecule has 1 fully saturated rings. The van der Waals surface area contributed by atoms with Crippen LogP contribution in [-0.2, 0) is 10.0 Å². The number of nitriles is 1. The van der Waals surface area contributed by atoms with Gasteiger partial charge in [-0.05, 0) is 12.8 Å². The highest BCUT2D eigenvalue weighted by Gasteiger charge is 2.42. The van der Waals surface area contributed by atoms with Crippen LogP contribution < -0.4 is 0 Å². The molecule has 74 valence electrons. The number of sulfonamides is 1. The van der Waals surface area contributed by atoms with Gasteiger partial charge in [-0.15, -0.1) is 0 Å². The Morgan fingerprint density at radius 2 is 1.85 bits per heavy atom. The van der Waals surface area contributed by atoms with Crippen LogP contribution >= 0.6 is 0 Å². The summed E-state index contributed by atoms with van der Waals surface area (Å²) in [5.74, 6) is 0. The summed E-state index contributed by atoms with van der Waals surface area (Å²) in [7, 11) is -1.76. The van der Waals surface area contributed by atoms with Crippen molar-refractivity contribution in [3.05, 3.63) is 0 Å². The maximum absolute atomic E-state index is 11.3. The highest BCUT2D eigenvalue weighted by molar-refractivity contribution is 7.88. The highest BCUT2D eigenvalue weighted by atomic mass is 32.2. The molecule has 0 radical (unpaired) electrons. The molecule has 1 aliphatic rings. The maximum Gasteiger partial charge on any atom is 0.212 e. The average molecular weight is 202 g/mol. The lowest BCUT2D eigenvalue weighted by molar-refractivity contribution is 0.295. The SMILES string of the molecule is CN(C1(C#N)CCCC1)S(C)(=O)=O. The molecule has 13 heavy (non-hydrogen) atoms. The molecule has 0 amide bonds. The van der Waals surface area contributed by atoms with Crippen LogP contribution in [-0.4, -0.2) is 31.6 Å². The second-order valence-electron chi connectivity index (χ2n) is 3.58. The summed E-state index contributed by atoms with van der Waals surface area (Å²) >= 11 is 0. The molecule has 1 saturated carbocycles. The number of rotatable bonds is 2. The van der Waals surface area contributed by atoms with Crippen molar-refractivity contribution < 1.29 is 8.42 Å². The fraction of sp³-hybridized carbons (Fsp3) is 0.875. The third kappa shape index (κ3) is 1.84. The molecule has 0 aromatic heterocycles. The van der Waals surface area contributed by atoms with Crippen molar-refractivity contribution in [3.8, 4) is 6.07 Å². The van der Waals surface area contributed by atoms with E-state index in [1.807, 2.05) is 0 Å². The van der Waals surface area contributed by atoms with Crippen molar-refractivity contribution >= 4 is 10.0 Å². The Kier molecular flexibility index (Phi) is 2.64. The zero-order valence-corrected chi connectivity index (χ0v) is 8.76. The number of hydrogen-bond acceptors (Lipinski definition) is 3. The lowest BCUT2D eigenvalue weighted by Crippen LogP contribution is -2.45. The standard InChI is InChI=1S/C8H14N2O2S/c1-10(13(2,11)12)8(7-9)5-3-4-6-8/h3-6H2,1-2H3. The quantitative estimate of drug-likeness (QED) is 0.662. The summed E-state index contributed by atoms with van der Waals surface area (Å²) in [6.07, 6.45) is 4.34. The van der Waals surface area contributed by atoms with Crippen LogP contribution in [0.1, 0.15) is 25.7 Å². The van der Waals surface area contributed by atoms with Gasteiger partial charge in [-0.3, -0.25) is 0 Å². The Balaban J connectivity index is 2.98. The smallest absolute Gasteiger partial charge is 0.212 e. The lowest BCUT2D eigenvalue weighted by Gasteiger charge is -2.29. The number of hydrogen-bond donors (Lipinski definition) is 0. The molecule has 0 saturated heterocycles.